The molecule has 1 fully saturated rings. The highest BCUT2D eigenvalue weighted by Crippen LogP contribution is 2.20. The average molecular weight is 412 g/mol. The Morgan fingerprint density at radius 1 is 1.07 bits per heavy atom. The van der Waals surface area contributed by atoms with Crippen LogP contribution in [0.1, 0.15) is 42.4 Å². The Bertz CT molecular complexity index is 830. The minimum Gasteiger partial charge on any atom is -0.494 e. The smallest absolute Gasteiger partial charge is 0.253 e. The van der Waals surface area contributed by atoms with Crippen LogP contribution in [0, 0.1) is 6.92 Å². The molecule has 7 heteroatoms. The Morgan fingerprint density at radius 2 is 1.77 bits per heavy atom. The van der Waals surface area contributed by atoms with E-state index in [2.05, 4.69) is 21.8 Å². The fourth-order valence-corrected chi connectivity index (χ4v) is 3.48. The lowest BCUT2D eigenvalue weighted by molar-refractivity contribution is 0.0746. The molecule has 1 aliphatic heterocycles. The first-order valence-electron chi connectivity index (χ1n) is 10.8. The Kier molecular flexibility index (Phi) is 7.49. The van der Waals surface area contributed by atoms with Gasteiger partial charge < -0.3 is 19.4 Å². The van der Waals surface area contributed by atoms with Crippen molar-refractivity contribution in [1.29, 1.82) is 0 Å². The number of aryl methyl sites for hydroxylation is 1. The number of amides is 1. The highest BCUT2D eigenvalue weighted by Gasteiger charge is 2.23. The highest BCUT2D eigenvalue weighted by atomic mass is 16.5. The van der Waals surface area contributed by atoms with Crippen LogP contribution in [0.25, 0.3) is 0 Å². The molecule has 0 spiro atoms. The highest BCUT2D eigenvalue weighted by molar-refractivity contribution is 5.94. The zero-order valence-electron chi connectivity index (χ0n) is 18.6. The number of rotatable bonds is 8. The van der Waals surface area contributed by atoms with Crippen molar-refractivity contribution in [2.45, 2.75) is 33.1 Å². The van der Waals surface area contributed by atoms with Gasteiger partial charge in [0.25, 0.3) is 5.91 Å². The van der Waals surface area contributed by atoms with Crippen LogP contribution in [-0.2, 0) is 0 Å². The molecule has 0 saturated carbocycles. The van der Waals surface area contributed by atoms with Crippen LogP contribution in [0.2, 0.25) is 0 Å². The molecule has 1 aromatic carbocycles. The van der Waals surface area contributed by atoms with E-state index >= 15 is 0 Å². The third-order valence-electron chi connectivity index (χ3n) is 5.28. The Morgan fingerprint density at radius 3 is 2.40 bits per heavy atom. The molecule has 1 amide bonds. The van der Waals surface area contributed by atoms with Crippen molar-refractivity contribution in [3.63, 3.8) is 0 Å². The molecular formula is C23H33N5O2. The van der Waals surface area contributed by atoms with E-state index in [1.807, 2.05) is 61.2 Å². The number of nitrogens with zero attached hydrogens (tertiary/aromatic N) is 5. The first-order valence-corrected chi connectivity index (χ1v) is 10.8. The number of ether oxygens (including phenoxy) is 1. The van der Waals surface area contributed by atoms with E-state index in [1.54, 1.807) is 0 Å². The van der Waals surface area contributed by atoms with Crippen molar-refractivity contribution in [2.75, 3.05) is 56.7 Å². The van der Waals surface area contributed by atoms with Crippen molar-refractivity contribution < 1.29 is 9.53 Å². The van der Waals surface area contributed by atoms with Gasteiger partial charge in [-0.05, 0) is 37.6 Å². The predicted molar refractivity (Wildman–Crippen MR) is 121 cm³/mol. The molecular weight excluding hydrogens is 378 g/mol. The number of carbonyl (C=O) groups excluding carboxylic acids is 1. The number of carbonyl (C=O) groups is 1. The van der Waals surface area contributed by atoms with Crippen molar-refractivity contribution in [3.05, 3.63) is 41.7 Å². The molecule has 0 unspecified atom stereocenters. The Labute approximate surface area is 179 Å². The molecule has 2 aromatic rings. The van der Waals surface area contributed by atoms with E-state index < -0.39 is 0 Å². The van der Waals surface area contributed by atoms with Gasteiger partial charge in [-0.1, -0.05) is 19.8 Å². The van der Waals surface area contributed by atoms with Crippen LogP contribution in [0.3, 0.4) is 0 Å². The fraction of sp³-hybridized carbons (Fsp3) is 0.522. The molecule has 0 radical (unpaired) electrons. The quantitative estimate of drug-likeness (QED) is 0.621. The predicted octanol–water partition coefficient (Wildman–Crippen LogP) is 3.38. The second kappa shape index (κ2) is 10.3. The van der Waals surface area contributed by atoms with Gasteiger partial charge in [-0.15, -0.1) is 0 Å². The summed E-state index contributed by atoms with van der Waals surface area (Å²) in [4.78, 5) is 28.0. The van der Waals surface area contributed by atoms with Crippen molar-refractivity contribution in [2.24, 2.45) is 0 Å². The summed E-state index contributed by atoms with van der Waals surface area (Å²) in [5, 5.41) is 0. The van der Waals surface area contributed by atoms with Crippen LogP contribution in [0.5, 0.6) is 5.75 Å². The summed E-state index contributed by atoms with van der Waals surface area (Å²) < 4.78 is 5.74. The van der Waals surface area contributed by atoms with Crippen LogP contribution in [0.15, 0.2) is 30.3 Å². The first kappa shape index (κ1) is 21.9. The minimum absolute atomic E-state index is 0.0695. The molecule has 0 N–H and O–H groups in total. The van der Waals surface area contributed by atoms with Gasteiger partial charge in [-0.3, -0.25) is 4.79 Å². The number of anilines is 2. The van der Waals surface area contributed by atoms with E-state index in [4.69, 9.17) is 4.74 Å². The van der Waals surface area contributed by atoms with Gasteiger partial charge >= 0.3 is 0 Å². The standard InChI is InChI=1S/C23H33N5O2/c1-5-6-7-16-30-20-10-8-19(9-11-20)23(29)28-14-12-27(13-15-28)22-17-21(26(3)4)24-18(2)25-22/h8-11,17H,5-7,12-16H2,1-4H3. The first-order chi connectivity index (χ1) is 14.5. The van der Waals surface area contributed by atoms with Crippen molar-refractivity contribution in [3.8, 4) is 5.75 Å². The van der Waals surface area contributed by atoms with Gasteiger partial charge in [0.1, 0.15) is 23.2 Å². The molecule has 30 heavy (non-hydrogen) atoms. The maximum atomic E-state index is 12.9. The average Bonchev–Trinajstić information content (AvgIpc) is 2.76. The van der Waals surface area contributed by atoms with Gasteiger partial charge in [-0.2, -0.15) is 0 Å². The zero-order chi connectivity index (χ0) is 21.5. The van der Waals surface area contributed by atoms with Crippen molar-refractivity contribution >= 4 is 17.5 Å². The Balaban J connectivity index is 1.55. The summed E-state index contributed by atoms with van der Waals surface area (Å²) in [5.74, 6) is 3.46. The number of unbranched alkanes of at least 4 members (excludes halogenated alkanes) is 2. The Hall–Kier alpha value is -2.83. The van der Waals surface area contributed by atoms with Gasteiger partial charge in [0, 0.05) is 51.9 Å². The molecule has 0 aliphatic carbocycles. The van der Waals surface area contributed by atoms with Crippen LogP contribution >= 0.6 is 0 Å². The number of aromatic nitrogens is 2. The molecule has 162 valence electrons. The van der Waals surface area contributed by atoms with E-state index in [-0.39, 0.29) is 5.91 Å². The lowest BCUT2D eigenvalue weighted by Crippen LogP contribution is -2.49. The number of hydrogen-bond acceptors (Lipinski definition) is 6. The largest absolute Gasteiger partial charge is 0.494 e. The minimum atomic E-state index is 0.0695. The van der Waals surface area contributed by atoms with E-state index in [0.717, 1.165) is 49.3 Å². The van der Waals surface area contributed by atoms with E-state index in [0.29, 0.717) is 18.7 Å². The lowest BCUT2D eigenvalue weighted by atomic mass is 10.1. The summed E-state index contributed by atoms with van der Waals surface area (Å²) in [5.41, 5.74) is 0.706. The second-order valence-electron chi connectivity index (χ2n) is 7.89. The molecule has 0 bridgehead atoms. The summed E-state index contributed by atoms with van der Waals surface area (Å²) in [6, 6.07) is 9.51. The molecule has 1 saturated heterocycles. The summed E-state index contributed by atoms with van der Waals surface area (Å²) >= 11 is 0. The molecule has 0 atom stereocenters. The third-order valence-corrected chi connectivity index (χ3v) is 5.28. The van der Waals surface area contributed by atoms with Crippen LogP contribution in [0.4, 0.5) is 11.6 Å². The third kappa shape index (κ3) is 5.62. The second-order valence-corrected chi connectivity index (χ2v) is 7.89. The maximum absolute atomic E-state index is 12.9. The normalized spacial score (nSPS) is 14.0. The van der Waals surface area contributed by atoms with Crippen LogP contribution < -0.4 is 14.5 Å². The van der Waals surface area contributed by atoms with E-state index in [9.17, 15) is 4.79 Å². The molecule has 2 heterocycles. The number of benzene rings is 1. The lowest BCUT2D eigenvalue weighted by Gasteiger charge is -2.35. The topological polar surface area (TPSA) is 61.8 Å². The molecule has 3 rings (SSSR count). The van der Waals surface area contributed by atoms with Crippen molar-refractivity contribution in [1.82, 2.24) is 14.9 Å². The van der Waals surface area contributed by atoms with Crippen LogP contribution in [-0.4, -0.2) is 67.7 Å². The zero-order valence-corrected chi connectivity index (χ0v) is 18.6. The van der Waals surface area contributed by atoms with E-state index in [1.165, 1.54) is 12.8 Å². The summed E-state index contributed by atoms with van der Waals surface area (Å²) in [6.45, 7) is 7.68. The van der Waals surface area contributed by atoms with Gasteiger partial charge in [-0.25, -0.2) is 9.97 Å². The SMILES string of the molecule is CCCCCOc1ccc(C(=O)N2CCN(c3cc(N(C)C)nc(C)n3)CC2)cc1. The molecule has 1 aromatic heterocycles. The molecule has 1 aliphatic rings. The number of hydrogen-bond donors (Lipinski definition) is 0. The van der Waals surface area contributed by atoms with Gasteiger partial charge in [0.05, 0.1) is 6.61 Å². The maximum Gasteiger partial charge on any atom is 0.253 e. The van der Waals surface area contributed by atoms with Gasteiger partial charge in [0.15, 0.2) is 0 Å². The monoisotopic (exact) mass is 411 g/mol. The number of piperazine rings is 1. The fourth-order valence-electron chi connectivity index (χ4n) is 3.48. The summed E-state index contributed by atoms with van der Waals surface area (Å²) in [7, 11) is 3.95. The molecule has 7 nitrogen and oxygen atoms in total. The summed E-state index contributed by atoms with van der Waals surface area (Å²) in [6.07, 6.45) is 3.41. The van der Waals surface area contributed by atoms with Gasteiger partial charge in [0.2, 0.25) is 0 Å².